The highest BCUT2D eigenvalue weighted by Crippen LogP contribution is 2.25. The summed E-state index contributed by atoms with van der Waals surface area (Å²) in [4.78, 5) is 10.5. The molecule has 0 fully saturated rings. The standard InChI is InChI=1S/C20H26N2O5/c1-20(2,12-15-8-10-17(26-3)11-9-15)21-13-16(23)14-27-19-7-5-4-6-18(19)22(24)25/h4-11,16,21,23H,12-14H2,1-3H3. The fourth-order valence-corrected chi connectivity index (χ4v) is 2.69. The zero-order valence-corrected chi connectivity index (χ0v) is 15.8. The first kappa shape index (κ1) is 20.7. The van der Waals surface area contributed by atoms with E-state index < -0.39 is 11.0 Å². The van der Waals surface area contributed by atoms with Crippen LogP contribution in [0, 0.1) is 10.1 Å². The van der Waals surface area contributed by atoms with Crippen LogP contribution >= 0.6 is 0 Å². The Morgan fingerprint density at radius 2 is 1.85 bits per heavy atom. The van der Waals surface area contributed by atoms with E-state index in [0.717, 1.165) is 17.7 Å². The zero-order valence-electron chi connectivity index (χ0n) is 15.8. The lowest BCUT2D eigenvalue weighted by Gasteiger charge is -2.28. The molecule has 1 atom stereocenters. The van der Waals surface area contributed by atoms with Gasteiger partial charge in [0.2, 0.25) is 0 Å². The molecule has 0 heterocycles. The summed E-state index contributed by atoms with van der Waals surface area (Å²) >= 11 is 0. The summed E-state index contributed by atoms with van der Waals surface area (Å²) in [5, 5.41) is 24.5. The minimum Gasteiger partial charge on any atom is -0.497 e. The quantitative estimate of drug-likeness (QED) is 0.490. The number of ether oxygens (including phenoxy) is 2. The molecular formula is C20H26N2O5. The largest absolute Gasteiger partial charge is 0.497 e. The Kier molecular flexibility index (Phi) is 7.15. The van der Waals surface area contributed by atoms with Crippen LogP contribution in [0.25, 0.3) is 0 Å². The molecule has 0 aromatic heterocycles. The van der Waals surface area contributed by atoms with Gasteiger partial charge >= 0.3 is 5.69 Å². The number of nitro groups is 1. The first-order valence-electron chi connectivity index (χ1n) is 8.73. The van der Waals surface area contributed by atoms with Gasteiger partial charge in [0.1, 0.15) is 18.5 Å². The van der Waals surface area contributed by atoms with Crippen molar-refractivity contribution in [2.24, 2.45) is 0 Å². The molecule has 2 aromatic rings. The molecule has 0 amide bonds. The van der Waals surface area contributed by atoms with Gasteiger partial charge in [0.25, 0.3) is 0 Å². The molecule has 2 N–H and O–H groups in total. The third-order valence-electron chi connectivity index (χ3n) is 4.11. The first-order valence-corrected chi connectivity index (χ1v) is 8.73. The van der Waals surface area contributed by atoms with Gasteiger partial charge in [0.15, 0.2) is 5.75 Å². The molecule has 27 heavy (non-hydrogen) atoms. The Bertz CT molecular complexity index is 746. The van der Waals surface area contributed by atoms with Crippen molar-refractivity contribution in [3.63, 3.8) is 0 Å². The predicted octanol–water partition coefficient (Wildman–Crippen LogP) is 2.95. The Hall–Kier alpha value is -2.64. The first-order chi connectivity index (χ1) is 12.8. The Balaban J connectivity index is 1.83. The number of hydrogen-bond donors (Lipinski definition) is 2. The van der Waals surface area contributed by atoms with E-state index in [1.54, 1.807) is 19.2 Å². The number of β-amino-alcohol motifs (C(OH)–C–C–N with tert-alkyl or cyclic N) is 1. The number of aliphatic hydroxyl groups excluding tert-OH is 1. The van der Waals surface area contributed by atoms with Crippen molar-refractivity contribution in [2.45, 2.75) is 31.9 Å². The fraction of sp³-hybridized carbons (Fsp3) is 0.400. The predicted molar refractivity (Wildman–Crippen MR) is 103 cm³/mol. The molecule has 7 heteroatoms. The molecule has 0 bridgehead atoms. The van der Waals surface area contributed by atoms with Crippen LogP contribution in [0.2, 0.25) is 0 Å². The van der Waals surface area contributed by atoms with Gasteiger partial charge in [-0.25, -0.2) is 0 Å². The lowest BCUT2D eigenvalue weighted by molar-refractivity contribution is -0.385. The van der Waals surface area contributed by atoms with E-state index in [0.29, 0.717) is 6.54 Å². The summed E-state index contributed by atoms with van der Waals surface area (Å²) in [6.45, 7) is 4.37. The molecular weight excluding hydrogens is 348 g/mol. The monoisotopic (exact) mass is 374 g/mol. The molecule has 0 saturated carbocycles. The number of benzene rings is 2. The van der Waals surface area contributed by atoms with Crippen LogP contribution in [0.3, 0.4) is 0 Å². The Morgan fingerprint density at radius 1 is 1.19 bits per heavy atom. The summed E-state index contributed by atoms with van der Waals surface area (Å²) in [5.74, 6) is 0.964. The zero-order chi connectivity index (χ0) is 19.9. The number of methoxy groups -OCH3 is 1. The lowest BCUT2D eigenvalue weighted by Crippen LogP contribution is -2.46. The van der Waals surface area contributed by atoms with Crippen molar-refractivity contribution in [3.8, 4) is 11.5 Å². The average Bonchev–Trinajstić information content (AvgIpc) is 2.65. The van der Waals surface area contributed by atoms with Crippen LogP contribution in [0.15, 0.2) is 48.5 Å². The summed E-state index contributed by atoms with van der Waals surface area (Å²) in [5.41, 5.74) is 0.797. The summed E-state index contributed by atoms with van der Waals surface area (Å²) < 4.78 is 10.6. The maximum atomic E-state index is 11.0. The molecule has 0 radical (unpaired) electrons. The molecule has 2 rings (SSSR count). The van der Waals surface area contributed by atoms with Crippen molar-refractivity contribution in [3.05, 3.63) is 64.2 Å². The number of nitrogens with zero attached hydrogens (tertiary/aromatic N) is 1. The lowest BCUT2D eigenvalue weighted by atomic mass is 9.94. The SMILES string of the molecule is COc1ccc(CC(C)(C)NCC(O)COc2ccccc2[N+](=O)[O-])cc1. The molecule has 146 valence electrons. The summed E-state index contributed by atoms with van der Waals surface area (Å²) in [6, 6.07) is 14.0. The van der Waals surface area contributed by atoms with Crippen molar-refractivity contribution < 1.29 is 19.5 Å². The molecule has 7 nitrogen and oxygen atoms in total. The van der Waals surface area contributed by atoms with Gasteiger partial charge < -0.3 is 19.9 Å². The normalized spacial score (nSPS) is 12.4. The number of hydrogen-bond acceptors (Lipinski definition) is 6. The van der Waals surface area contributed by atoms with Crippen LogP contribution in [0.5, 0.6) is 11.5 Å². The molecule has 0 saturated heterocycles. The van der Waals surface area contributed by atoms with Crippen LogP contribution in [-0.2, 0) is 6.42 Å². The summed E-state index contributed by atoms with van der Waals surface area (Å²) in [6.07, 6.45) is -0.0192. The topological polar surface area (TPSA) is 93.9 Å². The smallest absolute Gasteiger partial charge is 0.310 e. The number of nitrogens with one attached hydrogen (secondary N) is 1. The maximum absolute atomic E-state index is 11.0. The molecule has 0 spiro atoms. The van der Waals surface area contributed by atoms with E-state index in [4.69, 9.17) is 9.47 Å². The molecule has 0 aliphatic rings. The minimum atomic E-state index is -0.792. The number of nitro benzene ring substituents is 1. The van der Waals surface area contributed by atoms with E-state index in [2.05, 4.69) is 5.32 Å². The van der Waals surface area contributed by atoms with E-state index in [-0.39, 0.29) is 23.6 Å². The van der Waals surface area contributed by atoms with Crippen molar-refractivity contribution in [2.75, 3.05) is 20.3 Å². The highest BCUT2D eigenvalue weighted by atomic mass is 16.6. The second-order valence-electron chi connectivity index (χ2n) is 6.98. The second-order valence-corrected chi connectivity index (χ2v) is 6.98. The Labute approximate surface area is 159 Å². The number of rotatable bonds is 10. The van der Waals surface area contributed by atoms with E-state index in [1.165, 1.54) is 12.1 Å². The highest BCUT2D eigenvalue weighted by Gasteiger charge is 2.20. The third-order valence-corrected chi connectivity index (χ3v) is 4.11. The van der Waals surface area contributed by atoms with Crippen LogP contribution < -0.4 is 14.8 Å². The molecule has 0 aliphatic heterocycles. The Morgan fingerprint density at radius 3 is 2.48 bits per heavy atom. The van der Waals surface area contributed by atoms with Gasteiger partial charge in [0, 0.05) is 18.2 Å². The van der Waals surface area contributed by atoms with Gasteiger partial charge in [0.05, 0.1) is 12.0 Å². The third kappa shape index (κ3) is 6.54. The molecule has 2 aromatic carbocycles. The minimum absolute atomic E-state index is 0.0313. The van der Waals surface area contributed by atoms with Gasteiger partial charge in [-0.1, -0.05) is 24.3 Å². The van der Waals surface area contributed by atoms with Gasteiger partial charge in [-0.05, 0) is 44.0 Å². The van der Waals surface area contributed by atoms with E-state index >= 15 is 0 Å². The van der Waals surface area contributed by atoms with Crippen LogP contribution in [0.4, 0.5) is 5.69 Å². The fourth-order valence-electron chi connectivity index (χ4n) is 2.69. The van der Waals surface area contributed by atoms with Crippen molar-refractivity contribution >= 4 is 5.69 Å². The average molecular weight is 374 g/mol. The summed E-state index contributed by atoms with van der Waals surface area (Å²) in [7, 11) is 1.63. The second kappa shape index (κ2) is 9.34. The molecule has 0 aliphatic carbocycles. The highest BCUT2D eigenvalue weighted by molar-refractivity contribution is 5.45. The number of aliphatic hydroxyl groups is 1. The van der Waals surface area contributed by atoms with Gasteiger partial charge in [-0.3, -0.25) is 10.1 Å². The van der Waals surface area contributed by atoms with Crippen LogP contribution in [-0.4, -0.2) is 41.9 Å². The van der Waals surface area contributed by atoms with Crippen LogP contribution in [0.1, 0.15) is 19.4 Å². The van der Waals surface area contributed by atoms with Gasteiger partial charge in [-0.2, -0.15) is 0 Å². The molecule has 1 unspecified atom stereocenters. The number of para-hydroxylation sites is 2. The maximum Gasteiger partial charge on any atom is 0.310 e. The van der Waals surface area contributed by atoms with Crippen molar-refractivity contribution in [1.29, 1.82) is 0 Å². The van der Waals surface area contributed by atoms with Gasteiger partial charge in [-0.15, -0.1) is 0 Å². The van der Waals surface area contributed by atoms with Crippen molar-refractivity contribution in [1.82, 2.24) is 5.32 Å². The van der Waals surface area contributed by atoms with E-state index in [1.807, 2.05) is 38.1 Å². The van der Waals surface area contributed by atoms with E-state index in [9.17, 15) is 15.2 Å².